The van der Waals surface area contributed by atoms with Crippen molar-refractivity contribution >= 4 is 23.2 Å². The van der Waals surface area contributed by atoms with E-state index >= 15 is 0 Å². The number of pyridine rings is 1. The van der Waals surface area contributed by atoms with Gasteiger partial charge in [-0.1, -0.05) is 0 Å². The van der Waals surface area contributed by atoms with Crippen LogP contribution in [-0.4, -0.2) is 16.6 Å². The Labute approximate surface area is 80.7 Å². The van der Waals surface area contributed by atoms with Crippen molar-refractivity contribution in [1.29, 1.82) is 0 Å². The van der Waals surface area contributed by atoms with Crippen LogP contribution in [0.4, 0.5) is 0 Å². The van der Waals surface area contributed by atoms with Gasteiger partial charge in [0.1, 0.15) is 5.38 Å². The Morgan fingerprint density at radius 3 is 2.38 bits per heavy atom. The topological polar surface area (TPSA) is 47.0 Å². The number of alkyl halides is 1. The number of ketones is 2. The van der Waals surface area contributed by atoms with Crippen LogP contribution in [0.3, 0.4) is 0 Å². The summed E-state index contributed by atoms with van der Waals surface area (Å²) in [7, 11) is 0. The molecule has 1 aromatic rings. The van der Waals surface area contributed by atoms with Gasteiger partial charge in [0, 0.05) is 19.3 Å². The van der Waals surface area contributed by atoms with Crippen molar-refractivity contribution < 1.29 is 9.59 Å². The van der Waals surface area contributed by atoms with Crippen molar-refractivity contribution in [2.45, 2.75) is 12.3 Å². The van der Waals surface area contributed by atoms with Crippen molar-refractivity contribution in [2.24, 2.45) is 0 Å². The molecule has 0 amide bonds. The van der Waals surface area contributed by atoms with Crippen molar-refractivity contribution in [1.82, 2.24) is 4.98 Å². The average molecular weight is 198 g/mol. The molecule has 68 valence electrons. The highest BCUT2D eigenvalue weighted by atomic mass is 35.5. The standard InChI is InChI=1S/C9H8ClNO2/c1-6(12)9(13)8(10)7-2-4-11-5-3-7/h2-5,8H,1H3. The van der Waals surface area contributed by atoms with Crippen LogP contribution in [0.1, 0.15) is 17.9 Å². The molecule has 0 fully saturated rings. The molecule has 0 aromatic carbocycles. The predicted octanol–water partition coefficient (Wildman–Crippen LogP) is 1.52. The molecule has 3 nitrogen and oxygen atoms in total. The Morgan fingerprint density at radius 2 is 1.92 bits per heavy atom. The number of carbonyl (C=O) groups excluding carboxylic acids is 2. The van der Waals surface area contributed by atoms with Gasteiger partial charge >= 0.3 is 0 Å². The molecule has 4 heteroatoms. The molecule has 0 N–H and O–H groups in total. The summed E-state index contributed by atoms with van der Waals surface area (Å²) in [4.78, 5) is 25.6. The van der Waals surface area contributed by atoms with E-state index in [0.717, 1.165) is 0 Å². The maximum absolute atomic E-state index is 11.1. The lowest BCUT2D eigenvalue weighted by molar-refractivity contribution is -0.135. The van der Waals surface area contributed by atoms with Crippen LogP contribution in [0, 0.1) is 0 Å². The van der Waals surface area contributed by atoms with Gasteiger partial charge < -0.3 is 0 Å². The lowest BCUT2D eigenvalue weighted by Crippen LogP contribution is -2.15. The van der Waals surface area contributed by atoms with E-state index < -0.39 is 16.9 Å². The second-order valence-electron chi connectivity index (χ2n) is 2.56. The zero-order valence-corrected chi connectivity index (χ0v) is 7.78. The molecular formula is C9H8ClNO2. The Morgan fingerprint density at radius 1 is 1.38 bits per heavy atom. The lowest BCUT2D eigenvalue weighted by atomic mass is 10.1. The number of carbonyl (C=O) groups is 2. The molecule has 1 aromatic heterocycles. The van der Waals surface area contributed by atoms with Gasteiger partial charge in [0.15, 0.2) is 5.78 Å². The predicted molar refractivity (Wildman–Crippen MR) is 48.5 cm³/mol. The van der Waals surface area contributed by atoms with E-state index in [1.165, 1.54) is 19.3 Å². The van der Waals surface area contributed by atoms with Crippen molar-refractivity contribution in [3.8, 4) is 0 Å². The first-order valence-electron chi connectivity index (χ1n) is 3.71. The third-order valence-corrected chi connectivity index (χ3v) is 2.03. The number of rotatable bonds is 3. The zero-order valence-electron chi connectivity index (χ0n) is 7.03. The smallest absolute Gasteiger partial charge is 0.220 e. The van der Waals surface area contributed by atoms with Crippen molar-refractivity contribution in [2.75, 3.05) is 0 Å². The zero-order chi connectivity index (χ0) is 9.84. The summed E-state index contributed by atoms with van der Waals surface area (Å²) in [6, 6.07) is 3.22. The lowest BCUT2D eigenvalue weighted by Gasteiger charge is -2.04. The molecular weight excluding hydrogens is 190 g/mol. The molecule has 1 heterocycles. The highest BCUT2D eigenvalue weighted by Crippen LogP contribution is 2.20. The number of nitrogens with zero attached hydrogens (tertiary/aromatic N) is 1. The first kappa shape index (κ1) is 9.86. The molecule has 1 unspecified atom stereocenters. The summed E-state index contributed by atoms with van der Waals surface area (Å²) in [5.74, 6) is -1.12. The minimum atomic E-state index is -0.888. The second kappa shape index (κ2) is 4.14. The normalized spacial score (nSPS) is 12.2. The first-order valence-corrected chi connectivity index (χ1v) is 4.15. The molecule has 0 spiro atoms. The summed E-state index contributed by atoms with van der Waals surface area (Å²) in [5, 5.41) is -0.888. The maximum Gasteiger partial charge on any atom is 0.220 e. The average Bonchev–Trinajstić information content (AvgIpc) is 2.17. The minimum Gasteiger partial charge on any atom is -0.291 e. The van der Waals surface area contributed by atoms with Gasteiger partial charge in [-0.25, -0.2) is 0 Å². The third-order valence-electron chi connectivity index (χ3n) is 1.58. The quantitative estimate of drug-likeness (QED) is 0.545. The van der Waals surface area contributed by atoms with Gasteiger partial charge in [0.25, 0.3) is 0 Å². The van der Waals surface area contributed by atoms with Gasteiger partial charge in [-0.2, -0.15) is 0 Å². The Hall–Kier alpha value is -1.22. The molecule has 0 bridgehead atoms. The molecule has 1 atom stereocenters. The first-order chi connectivity index (χ1) is 6.13. The van der Waals surface area contributed by atoms with Crippen LogP contribution in [0.2, 0.25) is 0 Å². The van der Waals surface area contributed by atoms with E-state index in [1.54, 1.807) is 12.1 Å². The fourth-order valence-corrected chi connectivity index (χ4v) is 1.16. The molecule has 0 aliphatic rings. The number of hydrogen-bond acceptors (Lipinski definition) is 3. The fourth-order valence-electron chi connectivity index (χ4n) is 0.862. The van der Waals surface area contributed by atoms with Crippen LogP contribution < -0.4 is 0 Å². The summed E-state index contributed by atoms with van der Waals surface area (Å²) in [6.07, 6.45) is 3.05. The van der Waals surface area contributed by atoms with Gasteiger partial charge in [-0.3, -0.25) is 14.6 Å². The van der Waals surface area contributed by atoms with Gasteiger partial charge in [-0.15, -0.1) is 11.6 Å². The molecule has 13 heavy (non-hydrogen) atoms. The van der Waals surface area contributed by atoms with E-state index in [4.69, 9.17) is 11.6 Å². The highest BCUT2D eigenvalue weighted by molar-refractivity contribution is 6.48. The van der Waals surface area contributed by atoms with E-state index in [-0.39, 0.29) is 0 Å². The van der Waals surface area contributed by atoms with E-state index in [0.29, 0.717) is 5.56 Å². The Bertz CT molecular complexity index is 324. The number of halogens is 1. The highest BCUT2D eigenvalue weighted by Gasteiger charge is 2.20. The monoisotopic (exact) mass is 197 g/mol. The summed E-state index contributed by atoms with van der Waals surface area (Å²) in [5.41, 5.74) is 0.594. The van der Waals surface area contributed by atoms with Gasteiger partial charge in [0.2, 0.25) is 5.78 Å². The molecule has 0 aliphatic heterocycles. The Balaban J connectivity index is 2.86. The Kier molecular flexibility index (Phi) is 3.14. The van der Waals surface area contributed by atoms with Crippen molar-refractivity contribution in [3.05, 3.63) is 30.1 Å². The minimum absolute atomic E-state index is 0.531. The van der Waals surface area contributed by atoms with Crippen LogP contribution in [0.25, 0.3) is 0 Å². The molecule has 1 rings (SSSR count). The summed E-state index contributed by atoms with van der Waals surface area (Å²) >= 11 is 5.75. The SMILES string of the molecule is CC(=O)C(=O)C(Cl)c1ccncc1. The van der Waals surface area contributed by atoms with Crippen LogP contribution in [0.15, 0.2) is 24.5 Å². The largest absolute Gasteiger partial charge is 0.291 e. The van der Waals surface area contributed by atoms with E-state index in [9.17, 15) is 9.59 Å². The van der Waals surface area contributed by atoms with Crippen LogP contribution in [-0.2, 0) is 9.59 Å². The molecule has 0 radical (unpaired) electrons. The van der Waals surface area contributed by atoms with E-state index in [1.807, 2.05) is 0 Å². The maximum atomic E-state index is 11.1. The van der Waals surface area contributed by atoms with Gasteiger partial charge in [0.05, 0.1) is 0 Å². The second-order valence-corrected chi connectivity index (χ2v) is 3.00. The summed E-state index contributed by atoms with van der Waals surface area (Å²) in [6.45, 7) is 1.21. The number of hydrogen-bond donors (Lipinski definition) is 0. The van der Waals surface area contributed by atoms with Crippen molar-refractivity contribution in [3.63, 3.8) is 0 Å². The number of Topliss-reactive ketones (excluding diaryl/α,β-unsaturated/α-hetero) is 2. The fraction of sp³-hybridized carbons (Fsp3) is 0.222. The van der Waals surface area contributed by atoms with Gasteiger partial charge in [-0.05, 0) is 17.7 Å². The molecule has 0 aliphatic carbocycles. The summed E-state index contributed by atoms with van der Waals surface area (Å²) < 4.78 is 0. The van der Waals surface area contributed by atoms with Crippen LogP contribution in [0.5, 0.6) is 0 Å². The number of aromatic nitrogens is 1. The molecule has 0 saturated carbocycles. The van der Waals surface area contributed by atoms with E-state index in [2.05, 4.69) is 4.98 Å². The third kappa shape index (κ3) is 2.36. The molecule has 0 saturated heterocycles. The van der Waals surface area contributed by atoms with Crippen LogP contribution >= 0.6 is 11.6 Å².